The van der Waals surface area contributed by atoms with E-state index in [4.69, 9.17) is 12.2 Å². The third-order valence-electron chi connectivity index (χ3n) is 1.75. The quantitative estimate of drug-likeness (QED) is 0.596. The Balaban J connectivity index is 2.43. The highest BCUT2D eigenvalue weighted by molar-refractivity contribution is 7.80. The van der Waals surface area contributed by atoms with Crippen molar-refractivity contribution in [3.63, 3.8) is 0 Å². The standard InChI is InChI=1S/C8H7FN2S/c9-6-1-2-7-5(3-6)4-10-8(12)11-7/h1-3H,4H2,(H2,10,11,12). The van der Waals surface area contributed by atoms with Gasteiger partial charge in [0, 0.05) is 12.2 Å². The average molecular weight is 182 g/mol. The highest BCUT2D eigenvalue weighted by Gasteiger charge is 2.10. The van der Waals surface area contributed by atoms with Crippen LogP contribution in [0.25, 0.3) is 0 Å². The van der Waals surface area contributed by atoms with Gasteiger partial charge in [0.25, 0.3) is 0 Å². The van der Waals surface area contributed by atoms with Gasteiger partial charge in [-0.05, 0) is 36.0 Å². The van der Waals surface area contributed by atoms with E-state index >= 15 is 0 Å². The maximum atomic E-state index is 12.7. The molecular formula is C8H7FN2S. The monoisotopic (exact) mass is 182 g/mol. The van der Waals surface area contributed by atoms with Crippen LogP contribution in [0.3, 0.4) is 0 Å². The van der Waals surface area contributed by atoms with Gasteiger partial charge in [-0.2, -0.15) is 0 Å². The number of halogens is 1. The molecule has 0 bridgehead atoms. The first-order valence-electron chi connectivity index (χ1n) is 3.59. The van der Waals surface area contributed by atoms with E-state index in [1.165, 1.54) is 12.1 Å². The van der Waals surface area contributed by atoms with Crippen molar-refractivity contribution in [2.45, 2.75) is 6.54 Å². The van der Waals surface area contributed by atoms with Crippen molar-refractivity contribution in [3.05, 3.63) is 29.6 Å². The lowest BCUT2D eigenvalue weighted by molar-refractivity contribution is 0.624. The molecule has 0 aliphatic carbocycles. The van der Waals surface area contributed by atoms with Crippen LogP contribution in [0.5, 0.6) is 0 Å². The molecule has 0 saturated carbocycles. The van der Waals surface area contributed by atoms with Crippen LogP contribution in [0.2, 0.25) is 0 Å². The Labute approximate surface area is 74.8 Å². The lowest BCUT2D eigenvalue weighted by Crippen LogP contribution is -2.33. The van der Waals surface area contributed by atoms with Crippen LogP contribution in [-0.2, 0) is 6.54 Å². The van der Waals surface area contributed by atoms with Crippen molar-refractivity contribution >= 4 is 23.0 Å². The van der Waals surface area contributed by atoms with Crippen molar-refractivity contribution in [2.24, 2.45) is 0 Å². The fraction of sp³-hybridized carbons (Fsp3) is 0.125. The van der Waals surface area contributed by atoms with Crippen molar-refractivity contribution in [2.75, 3.05) is 5.32 Å². The molecule has 0 atom stereocenters. The third kappa shape index (κ3) is 1.25. The second kappa shape index (κ2) is 2.71. The zero-order valence-corrected chi connectivity index (χ0v) is 7.04. The maximum absolute atomic E-state index is 12.7. The van der Waals surface area contributed by atoms with Crippen molar-refractivity contribution in [3.8, 4) is 0 Å². The van der Waals surface area contributed by atoms with Gasteiger partial charge in [-0.3, -0.25) is 0 Å². The SMILES string of the molecule is Fc1ccc2c(c1)CNC(=S)N2. The second-order valence-electron chi connectivity index (χ2n) is 2.61. The summed E-state index contributed by atoms with van der Waals surface area (Å²) in [6.45, 7) is 0.596. The summed E-state index contributed by atoms with van der Waals surface area (Å²) in [5, 5.41) is 6.45. The summed E-state index contributed by atoms with van der Waals surface area (Å²) in [6.07, 6.45) is 0. The number of fused-ring (bicyclic) bond motifs is 1. The van der Waals surface area contributed by atoms with Gasteiger partial charge in [-0.1, -0.05) is 0 Å². The number of thiocarbonyl (C=S) groups is 1. The molecule has 4 heteroatoms. The highest BCUT2D eigenvalue weighted by atomic mass is 32.1. The smallest absolute Gasteiger partial charge is 0.171 e. The van der Waals surface area contributed by atoms with E-state index in [1.54, 1.807) is 6.07 Å². The summed E-state index contributed by atoms with van der Waals surface area (Å²) < 4.78 is 12.7. The van der Waals surface area contributed by atoms with Crippen LogP contribution in [0, 0.1) is 5.82 Å². The van der Waals surface area contributed by atoms with E-state index < -0.39 is 0 Å². The summed E-state index contributed by atoms with van der Waals surface area (Å²) in [4.78, 5) is 0. The molecule has 2 rings (SSSR count). The van der Waals surface area contributed by atoms with Crippen molar-refractivity contribution in [1.82, 2.24) is 5.32 Å². The first kappa shape index (κ1) is 7.49. The molecule has 1 aliphatic heterocycles. The summed E-state index contributed by atoms with van der Waals surface area (Å²) in [6, 6.07) is 4.61. The molecular weight excluding hydrogens is 175 g/mol. The number of anilines is 1. The van der Waals surface area contributed by atoms with Crippen LogP contribution >= 0.6 is 12.2 Å². The molecule has 0 amide bonds. The molecule has 1 aromatic carbocycles. The Morgan fingerprint density at radius 3 is 3.08 bits per heavy atom. The molecule has 0 unspecified atom stereocenters. The summed E-state index contributed by atoms with van der Waals surface area (Å²) >= 11 is 4.90. The number of rotatable bonds is 0. The van der Waals surface area contributed by atoms with Crippen molar-refractivity contribution < 1.29 is 4.39 Å². The number of nitrogens with one attached hydrogen (secondary N) is 2. The minimum atomic E-state index is -0.217. The number of hydrogen-bond acceptors (Lipinski definition) is 1. The molecule has 12 heavy (non-hydrogen) atoms. The lowest BCUT2D eigenvalue weighted by Gasteiger charge is -2.19. The summed E-state index contributed by atoms with van der Waals surface area (Å²) in [5.74, 6) is -0.217. The van der Waals surface area contributed by atoms with Gasteiger partial charge in [0.05, 0.1) is 0 Å². The molecule has 0 spiro atoms. The largest absolute Gasteiger partial charge is 0.358 e. The van der Waals surface area contributed by atoms with Gasteiger partial charge in [-0.15, -0.1) is 0 Å². The minimum absolute atomic E-state index is 0.217. The number of benzene rings is 1. The molecule has 2 N–H and O–H groups in total. The highest BCUT2D eigenvalue weighted by Crippen LogP contribution is 2.19. The average Bonchev–Trinajstić information content (AvgIpc) is 2.05. The Morgan fingerprint density at radius 1 is 1.42 bits per heavy atom. The molecule has 1 aromatic rings. The van der Waals surface area contributed by atoms with Crippen LogP contribution in [0.1, 0.15) is 5.56 Å². The zero-order chi connectivity index (χ0) is 8.55. The lowest BCUT2D eigenvalue weighted by atomic mass is 10.1. The fourth-order valence-electron chi connectivity index (χ4n) is 1.17. The molecule has 0 saturated heterocycles. The Kier molecular flexibility index (Phi) is 1.69. The van der Waals surface area contributed by atoms with Gasteiger partial charge in [0.1, 0.15) is 5.82 Å². The summed E-state index contributed by atoms with van der Waals surface area (Å²) in [5.41, 5.74) is 1.80. The van der Waals surface area contributed by atoms with E-state index in [1.807, 2.05) is 0 Å². The normalized spacial score (nSPS) is 14.6. The Bertz CT molecular complexity index is 338. The first-order chi connectivity index (χ1) is 5.75. The van der Waals surface area contributed by atoms with Gasteiger partial charge >= 0.3 is 0 Å². The molecule has 0 radical (unpaired) electrons. The van der Waals surface area contributed by atoms with E-state index in [9.17, 15) is 4.39 Å². The van der Waals surface area contributed by atoms with Gasteiger partial charge in [0.2, 0.25) is 0 Å². The van der Waals surface area contributed by atoms with Gasteiger partial charge < -0.3 is 10.6 Å². The number of hydrogen-bond donors (Lipinski definition) is 2. The van der Waals surface area contributed by atoms with E-state index in [-0.39, 0.29) is 5.82 Å². The van der Waals surface area contributed by atoms with Crippen molar-refractivity contribution in [1.29, 1.82) is 0 Å². The van der Waals surface area contributed by atoms with E-state index in [0.717, 1.165) is 11.3 Å². The predicted molar refractivity (Wildman–Crippen MR) is 49.5 cm³/mol. The zero-order valence-electron chi connectivity index (χ0n) is 6.23. The van der Waals surface area contributed by atoms with Crippen LogP contribution in [-0.4, -0.2) is 5.11 Å². The van der Waals surface area contributed by atoms with E-state index in [0.29, 0.717) is 11.7 Å². The maximum Gasteiger partial charge on any atom is 0.171 e. The molecule has 2 nitrogen and oxygen atoms in total. The molecule has 1 heterocycles. The topological polar surface area (TPSA) is 24.1 Å². The molecule has 62 valence electrons. The third-order valence-corrected chi connectivity index (χ3v) is 2.00. The minimum Gasteiger partial charge on any atom is -0.358 e. The van der Waals surface area contributed by atoms with Gasteiger partial charge in [-0.25, -0.2) is 4.39 Å². The van der Waals surface area contributed by atoms with Crippen LogP contribution < -0.4 is 10.6 Å². The second-order valence-corrected chi connectivity index (χ2v) is 3.02. The fourth-order valence-corrected chi connectivity index (χ4v) is 1.35. The molecule has 0 aromatic heterocycles. The molecule has 0 fully saturated rings. The van der Waals surface area contributed by atoms with Crippen LogP contribution in [0.15, 0.2) is 18.2 Å². The Hall–Kier alpha value is -1.16. The van der Waals surface area contributed by atoms with E-state index in [2.05, 4.69) is 10.6 Å². The molecule has 1 aliphatic rings. The van der Waals surface area contributed by atoms with Crippen LogP contribution in [0.4, 0.5) is 10.1 Å². The first-order valence-corrected chi connectivity index (χ1v) is 4.00. The van der Waals surface area contributed by atoms with Gasteiger partial charge in [0.15, 0.2) is 5.11 Å². The predicted octanol–water partition coefficient (Wildman–Crippen LogP) is 1.63. The Morgan fingerprint density at radius 2 is 2.25 bits per heavy atom. The summed E-state index contributed by atoms with van der Waals surface area (Å²) in [7, 11) is 0.